The fraction of sp³-hybridized carbons (Fsp3) is 0.294. The molecule has 1 heterocycles. The van der Waals surface area contributed by atoms with Crippen LogP contribution in [0.4, 0.5) is 4.39 Å². The van der Waals surface area contributed by atoms with E-state index in [1.807, 2.05) is 13.8 Å². The molecule has 1 amide bonds. The van der Waals surface area contributed by atoms with Crippen molar-refractivity contribution >= 4 is 5.91 Å². The summed E-state index contributed by atoms with van der Waals surface area (Å²) in [6.07, 6.45) is 3.11. The van der Waals surface area contributed by atoms with Crippen LogP contribution in [0.25, 0.3) is 0 Å². The number of rotatable bonds is 6. The Hall–Kier alpha value is -2.47. The van der Waals surface area contributed by atoms with Crippen molar-refractivity contribution in [3.8, 4) is 11.5 Å². The van der Waals surface area contributed by atoms with Crippen LogP contribution in [-0.4, -0.2) is 16.9 Å². The molecule has 1 aromatic heterocycles. The van der Waals surface area contributed by atoms with Crippen molar-refractivity contribution in [3.05, 3.63) is 54.1 Å². The first-order valence-corrected chi connectivity index (χ1v) is 7.37. The molecule has 0 spiro atoms. The van der Waals surface area contributed by atoms with Crippen LogP contribution < -0.4 is 15.8 Å². The summed E-state index contributed by atoms with van der Waals surface area (Å²) in [6, 6.07) is 7.35. The number of carbonyl (C=O) groups excluding carboxylic acids is 1. The molecule has 0 unspecified atom stereocenters. The molecule has 2 rings (SSSR count). The number of aromatic nitrogens is 1. The van der Waals surface area contributed by atoms with Crippen LogP contribution in [0, 0.1) is 11.7 Å². The molecular formula is C17H20FN3O2. The third-order valence-corrected chi connectivity index (χ3v) is 3.35. The van der Waals surface area contributed by atoms with Gasteiger partial charge in [0.25, 0.3) is 0 Å². The number of nitrogens with two attached hydrogens (primary N) is 1. The van der Waals surface area contributed by atoms with Gasteiger partial charge in [-0.2, -0.15) is 0 Å². The molecule has 0 saturated carbocycles. The first-order chi connectivity index (χ1) is 11.0. The van der Waals surface area contributed by atoms with Crippen molar-refractivity contribution in [1.29, 1.82) is 0 Å². The van der Waals surface area contributed by atoms with Crippen molar-refractivity contribution in [2.24, 2.45) is 11.7 Å². The highest BCUT2D eigenvalue weighted by Gasteiger charge is 2.16. The average molecular weight is 317 g/mol. The van der Waals surface area contributed by atoms with Gasteiger partial charge in [-0.05, 0) is 35.7 Å². The smallest absolute Gasteiger partial charge is 0.237 e. The highest BCUT2D eigenvalue weighted by atomic mass is 19.1. The van der Waals surface area contributed by atoms with Crippen molar-refractivity contribution in [1.82, 2.24) is 10.3 Å². The average Bonchev–Trinajstić information content (AvgIpc) is 2.55. The topological polar surface area (TPSA) is 77.2 Å². The van der Waals surface area contributed by atoms with E-state index in [9.17, 15) is 9.18 Å². The van der Waals surface area contributed by atoms with Crippen LogP contribution in [0.5, 0.6) is 11.5 Å². The lowest BCUT2D eigenvalue weighted by atomic mass is 10.0. The van der Waals surface area contributed by atoms with Gasteiger partial charge in [0.15, 0.2) is 11.6 Å². The Morgan fingerprint density at radius 2 is 2.17 bits per heavy atom. The molecule has 0 fully saturated rings. The summed E-state index contributed by atoms with van der Waals surface area (Å²) in [7, 11) is 0. The highest BCUT2D eigenvalue weighted by Crippen LogP contribution is 2.24. The van der Waals surface area contributed by atoms with E-state index in [2.05, 4.69) is 10.3 Å². The van der Waals surface area contributed by atoms with Crippen LogP contribution in [0.15, 0.2) is 42.7 Å². The lowest BCUT2D eigenvalue weighted by Crippen LogP contribution is -2.43. The second kappa shape index (κ2) is 7.69. The van der Waals surface area contributed by atoms with E-state index in [-0.39, 0.29) is 24.1 Å². The number of nitrogens with one attached hydrogen (secondary N) is 1. The Morgan fingerprint density at radius 1 is 1.39 bits per heavy atom. The number of ether oxygens (including phenoxy) is 1. The van der Waals surface area contributed by atoms with Gasteiger partial charge in [0.2, 0.25) is 5.91 Å². The first-order valence-electron chi connectivity index (χ1n) is 7.37. The number of benzene rings is 1. The molecule has 2 aromatic rings. The van der Waals surface area contributed by atoms with E-state index in [4.69, 9.17) is 10.5 Å². The van der Waals surface area contributed by atoms with Gasteiger partial charge in [0, 0.05) is 12.7 Å². The molecule has 0 aliphatic carbocycles. The molecule has 3 N–H and O–H groups in total. The summed E-state index contributed by atoms with van der Waals surface area (Å²) in [4.78, 5) is 15.7. The molecule has 1 atom stereocenters. The third kappa shape index (κ3) is 4.75. The van der Waals surface area contributed by atoms with Crippen molar-refractivity contribution in [2.45, 2.75) is 26.4 Å². The molecular weight excluding hydrogens is 297 g/mol. The minimum atomic E-state index is -0.576. The second-order valence-corrected chi connectivity index (χ2v) is 5.54. The molecule has 0 aliphatic heterocycles. The maximum Gasteiger partial charge on any atom is 0.237 e. The Bertz CT molecular complexity index is 662. The number of halogens is 1. The van der Waals surface area contributed by atoms with Crippen molar-refractivity contribution < 1.29 is 13.9 Å². The summed E-state index contributed by atoms with van der Waals surface area (Å²) in [5, 5.41) is 2.70. The van der Waals surface area contributed by atoms with Gasteiger partial charge >= 0.3 is 0 Å². The zero-order valence-electron chi connectivity index (χ0n) is 13.1. The number of hydrogen-bond donors (Lipinski definition) is 2. The van der Waals surface area contributed by atoms with E-state index in [1.165, 1.54) is 18.3 Å². The predicted octanol–water partition coefficient (Wildman–Crippen LogP) is 2.61. The monoisotopic (exact) mass is 317 g/mol. The lowest BCUT2D eigenvalue weighted by Gasteiger charge is -2.15. The Labute approximate surface area is 134 Å². The second-order valence-electron chi connectivity index (χ2n) is 5.54. The quantitative estimate of drug-likeness (QED) is 0.858. The lowest BCUT2D eigenvalue weighted by molar-refractivity contribution is -0.123. The van der Waals surface area contributed by atoms with Gasteiger partial charge in [-0.25, -0.2) is 4.39 Å². The third-order valence-electron chi connectivity index (χ3n) is 3.35. The minimum Gasteiger partial charge on any atom is -0.453 e. The Kier molecular flexibility index (Phi) is 5.65. The van der Waals surface area contributed by atoms with Crippen LogP contribution in [-0.2, 0) is 11.3 Å². The maximum absolute atomic E-state index is 14.1. The molecule has 0 radical (unpaired) electrons. The molecule has 0 bridgehead atoms. The summed E-state index contributed by atoms with van der Waals surface area (Å²) < 4.78 is 19.5. The molecule has 1 aromatic carbocycles. The van der Waals surface area contributed by atoms with Gasteiger partial charge in [0.1, 0.15) is 5.75 Å². The van der Waals surface area contributed by atoms with Gasteiger partial charge in [-0.1, -0.05) is 19.9 Å². The normalized spacial score (nSPS) is 12.0. The minimum absolute atomic E-state index is 0.0435. The number of pyridine rings is 1. The van der Waals surface area contributed by atoms with Gasteiger partial charge in [-0.3, -0.25) is 9.78 Å². The Balaban J connectivity index is 1.98. The van der Waals surface area contributed by atoms with Gasteiger partial charge in [0.05, 0.1) is 12.2 Å². The van der Waals surface area contributed by atoms with Crippen LogP contribution in [0.3, 0.4) is 0 Å². The summed E-state index contributed by atoms with van der Waals surface area (Å²) in [5.74, 6) is -0.158. The van der Waals surface area contributed by atoms with Crippen LogP contribution >= 0.6 is 0 Å². The van der Waals surface area contributed by atoms with E-state index in [0.717, 1.165) is 0 Å². The zero-order chi connectivity index (χ0) is 16.8. The van der Waals surface area contributed by atoms with Gasteiger partial charge < -0.3 is 15.8 Å². The molecule has 6 heteroatoms. The number of amides is 1. The van der Waals surface area contributed by atoms with Crippen LogP contribution in [0.2, 0.25) is 0 Å². The first kappa shape index (κ1) is 16.9. The zero-order valence-corrected chi connectivity index (χ0v) is 13.1. The number of nitrogens with zero attached hydrogens (tertiary/aromatic N) is 1. The molecule has 0 aliphatic rings. The van der Waals surface area contributed by atoms with E-state index in [1.54, 1.807) is 24.4 Å². The number of hydrogen-bond acceptors (Lipinski definition) is 4. The SMILES string of the molecule is CC(C)[C@H](N)C(=O)NCc1ccc(Oc2cccnc2)c(F)c1. The van der Waals surface area contributed by atoms with E-state index < -0.39 is 11.9 Å². The summed E-state index contributed by atoms with van der Waals surface area (Å²) in [5.41, 5.74) is 6.38. The highest BCUT2D eigenvalue weighted by molar-refractivity contribution is 5.81. The van der Waals surface area contributed by atoms with Crippen molar-refractivity contribution in [2.75, 3.05) is 0 Å². The fourth-order valence-corrected chi connectivity index (χ4v) is 1.88. The number of carbonyl (C=O) groups is 1. The largest absolute Gasteiger partial charge is 0.453 e. The molecule has 23 heavy (non-hydrogen) atoms. The summed E-state index contributed by atoms with van der Waals surface area (Å²) in [6.45, 7) is 3.95. The fourth-order valence-electron chi connectivity index (χ4n) is 1.88. The molecule has 5 nitrogen and oxygen atoms in total. The van der Waals surface area contributed by atoms with Crippen molar-refractivity contribution in [3.63, 3.8) is 0 Å². The predicted molar refractivity (Wildman–Crippen MR) is 85.4 cm³/mol. The summed E-state index contributed by atoms with van der Waals surface area (Å²) >= 11 is 0. The van der Waals surface area contributed by atoms with Gasteiger partial charge in [-0.15, -0.1) is 0 Å². The Morgan fingerprint density at radius 3 is 2.78 bits per heavy atom. The molecule has 122 valence electrons. The maximum atomic E-state index is 14.1. The van der Waals surface area contributed by atoms with E-state index >= 15 is 0 Å². The van der Waals surface area contributed by atoms with Crippen LogP contribution in [0.1, 0.15) is 19.4 Å². The van der Waals surface area contributed by atoms with E-state index in [0.29, 0.717) is 11.3 Å². The molecule has 0 saturated heterocycles. The standard InChI is InChI=1S/C17H20FN3O2/c1-11(2)16(19)17(22)21-9-12-5-6-15(14(18)8-12)23-13-4-3-7-20-10-13/h3-8,10-11,16H,9,19H2,1-2H3,(H,21,22)/t16-/m0/s1.